The standard InChI is InChI=1S/C15H24N2O/c1-12-15(2,8-10-18-12)17-9-7-13-5-3-4-6-14(13)11-16/h3-6,12,17H,7-11,16H2,1-2H3. The number of hydrogen-bond acceptors (Lipinski definition) is 3. The molecule has 2 unspecified atom stereocenters. The van der Waals surface area contributed by atoms with Crippen LogP contribution in [0.2, 0.25) is 0 Å². The van der Waals surface area contributed by atoms with E-state index in [-0.39, 0.29) is 5.54 Å². The van der Waals surface area contributed by atoms with Gasteiger partial charge < -0.3 is 15.8 Å². The fraction of sp³-hybridized carbons (Fsp3) is 0.600. The van der Waals surface area contributed by atoms with Gasteiger partial charge in [0, 0.05) is 18.7 Å². The predicted octanol–water partition coefficient (Wildman–Crippen LogP) is 1.84. The zero-order valence-corrected chi connectivity index (χ0v) is 11.4. The molecule has 0 aromatic heterocycles. The van der Waals surface area contributed by atoms with Gasteiger partial charge in [-0.3, -0.25) is 0 Å². The van der Waals surface area contributed by atoms with Crippen LogP contribution in [0.1, 0.15) is 31.4 Å². The maximum absolute atomic E-state index is 5.75. The van der Waals surface area contributed by atoms with Gasteiger partial charge in [0.15, 0.2) is 0 Å². The largest absolute Gasteiger partial charge is 0.377 e. The number of rotatable bonds is 5. The molecule has 18 heavy (non-hydrogen) atoms. The summed E-state index contributed by atoms with van der Waals surface area (Å²) in [6.45, 7) is 6.85. The molecule has 1 aromatic carbocycles. The first-order valence-corrected chi connectivity index (χ1v) is 6.79. The number of nitrogens with two attached hydrogens (primary N) is 1. The van der Waals surface area contributed by atoms with Crippen molar-refractivity contribution in [3.05, 3.63) is 35.4 Å². The summed E-state index contributed by atoms with van der Waals surface area (Å²) < 4.78 is 5.63. The molecule has 0 aliphatic carbocycles. The summed E-state index contributed by atoms with van der Waals surface area (Å²) in [6.07, 6.45) is 2.41. The Bertz CT molecular complexity index is 394. The SMILES string of the molecule is CC1OCCC1(C)NCCc1ccccc1CN. The smallest absolute Gasteiger partial charge is 0.0726 e. The Labute approximate surface area is 110 Å². The zero-order valence-electron chi connectivity index (χ0n) is 11.4. The third kappa shape index (κ3) is 2.91. The van der Waals surface area contributed by atoms with Gasteiger partial charge >= 0.3 is 0 Å². The highest BCUT2D eigenvalue weighted by Crippen LogP contribution is 2.24. The van der Waals surface area contributed by atoms with E-state index in [4.69, 9.17) is 10.5 Å². The molecule has 0 spiro atoms. The van der Waals surface area contributed by atoms with E-state index in [1.807, 2.05) is 6.07 Å². The summed E-state index contributed by atoms with van der Waals surface area (Å²) in [5.41, 5.74) is 8.47. The Morgan fingerprint density at radius 1 is 1.39 bits per heavy atom. The second-order valence-electron chi connectivity index (χ2n) is 5.33. The Morgan fingerprint density at radius 3 is 2.72 bits per heavy atom. The number of hydrogen-bond donors (Lipinski definition) is 2. The van der Waals surface area contributed by atoms with Crippen molar-refractivity contribution in [2.75, 3.05) is 13.2 Å². The molecule has 100 valence electrons. The molecular formula is C15H24N2O. The fourth-order valence-electron chi connectivity index (χ4n) is 2.55. The Hall–Kier alpha value is -0.900. The molecule has 2 atom stereocenters. The number of nitrogens with one attached hydrogen (secondary N) is 1. The van der Waals surface area contributed by atoms with Gasteiger partial charge in [-0.2, -0.15) is 0 Å². The lowest BCUT2D eigenvalue weighted by Crippen LogP contribution is -2.48. The Kier molecular flexibility index (Phi) is 4.38. The van der Waals surface area contributed by atoms with E-state index < -0.39 is 0 Å². The molecule has 3 nitrogen and oxygen atoms in total. The van der Waals surface area contributed by atoms with E-state index in [1.165, 1.54) is 11.1 Å². The van der Waals surface area contributed by atoms with Gasteiger partial charge in [0.25, 0.3) is 0 Å². The van der Waals surface area contributed by atoms with Gasteiger partial charge in [-0.15, -0.1) is 0 Å². The first-order chi connectivity index (χ1) is 8.65. The summed E-state index contributed by atoms with van der Waals surface area (Å²) in [6, 6.07) is 8.41. The van der Waals surface area contributed by atoms with Crippen LogP contribution >= 0.6 is 0 Å². The molecule has 1 saturated heterocycles. The molecule has 3 heteroatoms. The van der Waals surface area contributed by atoms with Crippen molar-refractivity contribution in [1.29, 1.82) is 0 Å². The monoisotopic (exact) mass is 248 g/mol. The van der Waals surface area contributed by atoms with Gasteiger partial charge in [0.05, 0.1) is 6.10 Å². The van der Waals surface area contributed by atoms with Crippen LogP contribution in [0.3, 0.4) is 0 Å². The molecule has 1 fully saturated rings. The molecule has 0 amide bonds. The van der Waals surface area contributed by atoms with E-state index in [9.17, 15) is 0 Å². The second kappa shape index (κ2) is 5.83. The van der Waals surface area contributed by atoms with Crippen LogP contribution in [0.5, 0.6) is 0 Å². The second-order valence-corrected chi connectivity index (χ2v) is 5.33. The molecule has 1 heterocycles. The first-order valence-electron chi connectivity index (χ1n) is 6.79. The highest BCUT2D eigenvalue weighted by atomic mass is 16.5. The van der Waals surface area contributed by atoms with Crippen LogP contribution in [0, 0.1) is 0 Å². The van der Waals surface area contributed by atoms with Crippen LogP contribution in [0.15, 0.2) is 24.3 Å². The van der Waals surface area contributed by atoms with Crippen LogP contribution in [0.4, 0.5) is 0 Å². The van der Waals surface area contributed by atoms with Gasteiger partial charge in [-0.25, -0.2) is 0 Å². The summed E-state index contributed by atoms with van der Waals surface area (Å²) >= 11 is 0. The molecule has 2 rings (SSSR count). The zero-order chi connectivity index (χ0) is 13.0. The van der Waals surface area contributed by atoms with Gasteiger partial charge in [0.1, 0.15) is 0 Å². The molecule has 1 aliphatic heterocycles. The minimum Gasteiger partial charge on any atom is -0.377 e. The average Bonchev–Trinajstić information content (AvgIpc) is 2.70. The van der Waals surface area contributed by atoms with Crippen molar-refractivity contribution in [2.24, 2.45) is 5.73 Å². The normalized spacial score (nSPS) is 27.6. The van der Waals surface area contributed by atoms with E-state index in [1.54, 1.807) is 0 Å². The van der Waals surface area contributed by atoms with Crippen molar-refractivity contribution in [3.8, 4) is 0 Å². The quantitative estimate of drug-likeness (QED) is 0.836. The van der Waals surface area contributed by atoms with Crippen molar-refractivity contribution in [3.63, 3.8) is 0 Å². The first kappa shape index (κ1) is 13.5. The molecule has 0 saturated carbocycles. The van der Waals surface area contributed by atoms with Crippen molar-refractivity contribution >= 4 is 0 Å². The molecule has 3 N–H and O–H groups in total. The van der Waals surface area contributed by atoms with Crippen molar-refractivity contribution < 1.29 is 4.74 Å². The third-order valence-corrected chi connectivity index (χ3v) is 4.15. The molecule has 1 aromatic rings. The summed E-state index contributed by atoms with van der Waals surface area (Å²) in [7, 11) is 0. The van der Waals surface area contributed by atoms with E-state index in [0.717, 1.165) is 26.0 Å². The maximum atomic E-state index is 5.75. The highest BCUT2D eigenvalue weighted by molar-refractivity contribution is 5.27. The van der Waals surface area contributed by atoms with Crippen molar-refractivity contribution in [1.82, 2.24) is 5.32 Å². The van der Waals surface area contributed by atoms with Gasteiger partial charge in [-0.05, 0) is 44.4 Å². The average molecular weight is 248 g/mol. The summed E-state index contributed by atoms with van der Waals surface area (Å²) in [4.78, 5) is 0. The van der Waals surface area contributed by atoms with Crippen LogP contribution in [-0.4, -0.2) is 24.8 Å². The molecule has 0 radical (unpaired) electrons. The van der Waals surface area contributed by atoms with Crippen LogP contribution in [-0.2, 0) is 17.7 Å². The third-order valence-electron chi connectivity index (χ3n) is 4.15. The molecule has 0 bridgehead atoms. The highest BCUT2D eigenvalue weighted by Gasteiger charge is 2.36. The molecule has 1 aliphatic rings. The van der Waals surface area contributed by atoms with Crippen LogP contribution in [0.25, 0.3) is 0 Å². The van der Waals surface area contributed by atoms with E-state index in [0.29, 0.717) is 12.6 Å². The lowest BCUT2D eigenvalue weighted by Gasteiger charge is -2.29. The lowest BCUT2D eigenvalue weighted by molar-refractivity contribution is 0.0889. The number of ether oxygens (including phenoxy) is 1. The Morgan fingerprint density at radius 2 is 2.11 bits per heavy atom. The fourth-order valence-corrected chi connectivity index (χ4v) is 2.55. The minimum atomic E-state index is 0.123. The van der Waals surface area contributed by atoms with E-state index in [2.05, 4.69) is 37.4 Å². The predicted molar refractivity (Wildman–Crippen MR) is 74.5 cm³/mol. The maximum Gasteiger partial charge on any atom is 0.0726 e. The van der Waals surface area contributed by atoms with E-state index >= 15 is 0 Å². The van der Waals surface area contributed by atoms with Gasteiger partial charge in [0.2, 0.25) is 0 Å². The van der Waals surface area contributed by atoms with Crippen LogP contribution < -0.4 is 11.1 Å². The Balaban J connectivity index is 1.88. The van der Waals surface area contributed by atoms with Crippen molar-refractivity contribution in [2.45, 2.75) is 44.9 Å². The summed E-state index contributed by atoms with van der Waals surface area (Å²) in [5, 5.41) is 3.64. The minimum absolute atomic E-state index is 0.123. The topological polar surface area (TPSA) is 47.3 Å². The summed E-state index contributed by atoms with van der Waals surface area (Å²) in [5.74, 6) is 0. The molecular weight excluding hydrogens is 224 g/mol. The lowest BCUT2D eigenvalue weighted by atomic mass is 9.94. The van der Waals surface area contributed by atoms with Gasteiger partial charge in [-0.1, -0.05) is 24.3 Å². The number of benzene rings is 1.